The average Bonchev–Trinajstić information content (AvgIpc) is 3.41. The van der Waals surface area contributed by atoms with E-state index in [0.717, 1.165) is 38.2 Å². The molecule has 0 radical (unpaired) electrons. The van der Waals surface area contributed by atoms with Gasteiger partial charge in [0.2, 0.25) is 0 Å². The van der Waals surface area contributed by atoms with Gasteiger partial charge in [0.05, 0.1) is 19.5 Å². The van der Waals surface area contributed by atoms with E-state index in [2.05, 4.69) is 33.9 Å². The molecule has 220 valence electrons. The van der Waals surface area contributed by atoms with Crippen molar-refractivity contribution in [1.82, 2.24) is 15.5 Å². The van der Waals surface area contributed by atoms with E-state index in [-0.39, 0.29) is 17.2 Å². The molecule has 3 rings (SSSR count). The Morgan fingerprint density at radius 3 is 2.50 bits per heavy atom. The number of methoxy groups -OCH3 is 1. The van der Waals surface area contributed by atoms with Crippen molar-refractivity contribution in [2.45, 2.75) is 71.8 Å². The van der Waals surface area contributed by atoms with Crippen molar-refractivity contribution in [2.24, 2.45) is 11.8 Å². The van der Waals surface area contributed by atoms with Crippen molar-refractivity contribution >= 4 is 18.1 Å². The molecule has 2 aromatic rings. The minimum Gasteiger partial charge on any atom is -0.493 e. The van der Waals surface area contributed by atoms with Crippen molar-refractivity contribution in [3.8, 4) is 5.75 Å². The van der Waals surface area contributed by atoms with E-state index in [9.17, 15) is 9.59 Å². The molecular weight excluding hydrogens is 519 g/mol. The Bertz CT molecular complexity index is 1160. The minimum atomic E-state index is -1.15. The zero-order valence-electron chi connectivity index (χ0n) is 24.2. The maximum atomic E-state index is 15.1. The summed E-state index contributed by atoms with van der Waals surface area (Å²) in [6.45, 7) is 15.1. The molecule has 11 heteroatoms. The Balaban J connectivity index is 1.50. The summed E-state index contributed by atoms with van der Waals surface area (Å²) in [5, 5.41) is 6.49. The molecule has 40 heavy (non-hydrogen) atoms. The predicted molar refractivity (Wildman–Crippen MR) is 148 cm³/mol. The molecule has 1 amide bonds. The smallest absolute Gasteiger partial charge is 0.412 e. The fourth-order valence-electron chi connectivity index (χ4n) is 4.82. The van der Waals surface area contributed by atoms with Crippen LogP contribution >= 0.6 is 0 Å². The number of anilines is 1. The summed E-state index contributed by atoms with van der Waals surface area (Å²) in [6, 6.07) is 3.96. The molecule has 1 aliphatic rings. The summed E-state index contributed by atoms with van der Waals surface area (Å²) < 4.78 is 36.0. The van der Waals surface area contributed by atoms with Gasteiger partial charge >= 0.3 is 18.1 Å². The van der Waals surface area contributed by atoms with Gasteiger partial charge in [0, 0.05) is 31.0 Å². The van der Waals surface area contributed by atoms with Crippen LogP contribution in [0.5, 0.6) is 5.75 Å². The highest BCUT2D eigenvalue weighted by atomic mass is 19.1. The van der Waals surface area contributed by atoms with Crippen molar-refractivity contribution in [2.75, 3.05) is 31.7 Å². The van der Waals surface area contributed by atoms with Crippen LogP contribution in [0.15, 0.2) is 35.1 Å². The predicted octanol–water partition coefficient (Wildman–Crippen LogP) is 5.56. The molecule has 0 saturated carbocycles. The number of nitrogens with zero attached hydrogens (tertiary/aromatic N) is 3. The molecule has 3 atom stereocenters. The monoisotopic (exact) mass is 560 g/mol. The number of amides is 1. The van der Waals surface area contributed by atoms with E-state index >= 15 is 4.39 Å². The first-order chi connectivity index (χ1) is 19.0. The zero-order chi connectivity index (χ0) is 29.4. The third-order valence-corrected chi connectivity index (χ3v) is 7.36. The number of alkyl carbamates (subject to hydrolysis) is 1. The molecule has 0 bridgehead atoms. The lowest BCUT2D eigenvalue weighted by Gasteiger charge is -2.33. The van der Waals surface area contributed by atoms with Crippen LogP contribution in [0.2, 0.25) is 0 Å². The summed E-state index contributed by atoms with van der Waals surface area (Å²) in [6.07, 6.45) is 2.01. The first-order valence-electron chi connectivity index (χ1n) is 13.7. The van der Waals surface area contributed by atoms with Crippen LogP contribution in [0.25, 0.3) is 0 Å². The highest BCUT2D eigenvalue weighted by Gasteiger charge is 2.31. The SMILES string of the molecule is C=C(C)OC(=O)N[C@H](C(=O)OC)[C@@H](C)c1ccc(OCC[C@@H](C)C2CCN(c3nc(C(C)C)no3)CC2)cc1F. The van der Waals surface area contributed by atoms with E-state index in [1.807, 2.05) is 13.8 Å². The largest absolute Gasteiger partial charge is 0.493 e. The lowest BCUT2D eigenvalue weighted by molar-refractivity contribution is -0.143. The van der Waals surface area contributed by atoms with Gasteiger partial charge in [-0.3, -0.25) is 0 Å². The number of piperidine rings is 1. The third-order valence-electron chi connectivity index (χ3n) is 7.36. The highest BCUT2D eigenvalue weighted by Crippen LogP contribution is 2.31. The molecule has 0 unspecified atom stereocenters. The fraction of sp³-hybridized carbons (Fsp3) is 0.586. The van der Waals surface area contributed by atoms with E-state index in [1.54, 1.807) is 19.1 Å². The summed E-state index contributed by atoms with van der Waals surface area (Å²) >= 11 is 0. The van der Waals surface area contributed by atoms with Crippen LogP contribution in [-0.2, 0) is 14.3 Å². The van der Waals surface area contributed by atoms with Gasteiger partial charge in [0.1, 0.15) is 17.6 Å². The Morgan fingerprint density at radius 2 is 1.93 bits per heavy atom. The first kappa shape index (κ1) is 30.9. The number of carbonyl (C=O) groups excluding carboxylic acids is 2. The maximum Gasteiger partial charge on any atom is 0.412 e. The Kier molecular flexibility index (Phi) is 10.9. The number of carbonyl (C=O) groups is 2. The van der Waals surface area contributed by atoms with Crippen LogP contribution in [0, 0.1) is 17.7 Å². The standard InChI is InChI=1S/C29H41FN4O6/c1-17(2)26-32-28(40-33-26)34-13-10-21(11-14-34)19(5)12-15-38-22-8-9-23(24(30)16-22)20(6)25(27(35)37-7)31-29(36)39-18(3)4/h8-9,16-17,19-21,25H,3,10-15H2,1-2,4-7H3,(H,31,36)/t19-,20+,25+/m1/s1. The van der Waals surface area contributed by atoms with Gasteiger partial charge in [0.25, 0.3) is 0 Å². The fourth-order valence-corrected chi connectivity index (χ4v) is 4.82. The van der Waals surface area contributed by atoms with Crippen LogP contribution < -0.4 is 15.0 Å². The third kappa shape index (κ3) is 8.19. The summed E-state index contributed by atoms with van der Waals surface area (Å²) in [4.78, 5) is 31.0. The van der Waals surface area contributed by atoms with Crippen molar-refractivity contribution in [1.29, 1.82) is 0 Å². The molecule has 2 heterocycles. The van der Waals surface area contributed by atoms with Crippen molar-refractivity contribution in [3.05, 3.63) is 47.7 Å². The number of aromatic nitrogens is 2. The van der Waals surface area contributed by atoms with Gasteiger partial charge in [0.15, 0.2) is 5.82 Å². The van der Waals surface area contributed by atoms with Crippen LogP contribution in [0.3, 0.4) is 0 Å². The maximum absolute atomic E-state index is 15.1. The van der Waals surface area contributed by atoms with Crippen molar-refractivity contribution < 1.29 is 32.7 Å². The number of hydrogen-bond acceptors (Lipinski definition) is 9. The second-order valence-corrected chi connectivity index (χ2v) is 10.7. The van der Waals surface area contributed by atoms with Gasteiger partial charge in [-0.25, -0.2) is 14.0 Å². The average molecular weight is 561 g/mol. The number of esters is 1. The van der Waals surface area contributed by atoms with Gasteiger partial charge in [-0.2, -0.15) is 4.98 Å². The lowest BCUT2D eigenvalue weighted by Crippen LogP contribution is -2.45. The summed E-state index contributed by atoms with van der Waals surface area (Å²) in [7, 11) is 1.20. The number of allylic oxidation sites excluding steroid dienone is 1. The number of halogens is 1. The number of ether oxygens (including phenoxy) is 3. The molecule has 1 fully saturated rings. The Morgan fingerprint density at radius 1 is 1.23 bits per heavy atom. The number of hydrogen-bond donors (Lipinski definition) is 1. The molecule has 1 N–H and O–H groups in total. The van der Waals surface area contributed by atoms with Gasteiger partial charge < -0.3 is 29.0 Å². The number of rotatable bonds is 12. The van der Waals surface area contributed by atoms with Crippen LogP contribution in [0.4, 0.5) is 15.2 Å². The van der Waals surface area contributed by atoms with Gasteiger partial charge in [-0.05, 0) is 49.7 Å². The van der Waals surface area contributed by atoms with E-state index in [0.29, 0.717) is 30.2 Å². The summed E-state index contributed by atoms with van der Waals surface area (Å²) in [5.41, 5.74) is 0.236. The van der Waals surface area contributed by atoms with Crippen LogP contribution in [-0.4, -0.2) is 55.1 Å². The summed E-state index contributed by atoms with van der Waals surface area (Å²) in [5.74, 6) is 0.507. The second-order valence-electron chi connectivity index (χ2n) is 10.7. The van der Waals surface area contributed by atoms with Gasteiger partial charge in [-0.15, -0.1) is 0 Å². The molecule has 1 aromatic heterocycles. The van der Waals surface area contributed by atoms with Crippen LogP contribution in [0.1, 0.15) is 77.1 Å². The molecule has 0 spiro atoms. The van der Waals surface area contributed by atoms with E-state index < -0.39 is 29.8 Å². The molecular formula is C29H41FN4O6. The minimum absolute atomic E-state index is 0.158. The molecule has 0 aliphatic carbocycles. The zero-order valence-corrected chi connectivity index (χ0v) is 24.2. The Hall–Kier alpha value is -3.63. The van der Waals surface area contributed by atoms with Gasteiger partial charge in [-0.1, -0.05) is 45.5 Å². The van der Waals surface area contributed by atoms with E-state index in [1.165, 1.54) is 20.1 Å². The molecule has 1 saturated heterocycles. The highest BCUT2D eigenvalue weighted by molar-refractivity contribution is 5.82. The quantitative estimate of drug-likeness (QED) is 0.263. The number of benzene rings is 1. The normalized spacial score (nSPS) is 16.2. The second kappa shape index (κ2) is 14.1. The van der Waals surface area contributed by atoms with E-state index in [4.69, 9.17) is 18.7 Å². The van der Waals surface area contributed by atoms with Crippen molar-refractivity contribution in [3.63, 3.8) is 0 Å². The molecule has 1 aliphatic heterocycles. The molecule has 1 aromatic carbocycles. The number of nitrogens with one attached hydrogen (secondary N) is 1. The topological polar surface area (TPSA) is 116 Å². The lowest BCUT2D eigenvalue weighted by atomic mass is 9.84. The Labute approximate surface area is 235 Å². The first-order valence-corrected chi connectivity index (χ1v) is 13.7. The molecule has 10 nitrogen and oxygen atoms in total.